The van der Waals surface area contributed by atoms with E-state index in [1.54, 1.807) is 0 Å². The molecule has 1 unspecified atom stereocenters. The summed E-state index contributed by atoms with van der Waals surface area (Å²) >= 11 is 0. The summed E-state index contributed by atoms with van der Waals surface area (Å²) in [6, 6.07) is 13.5. The summed E-state index contributed by atoms with van der Waals surface area (Å²) in [5.41, 5.74) is 6.54. The maximum Gasteiger partial charge on any atom is 0.137 e. The highest BCUT2D eigenvalue weighted by molar-refractivity contribution is 5.69. The number of fused-ring (bicyclic) bond motifs is 2. The van der Waals surface area contributed by atoms with E-state index in [4.69, 9.17) is 0 Å². The topological polar surface area (TPSA) is 29.3 Å². The molecule has 3 nitrogen and oxygen atoms in total. The summed E-state index contributed by atoms with van der Waals surface area (Å²) in [6.45, 7) is 3.19. The first kappa shape index (κ1) is 12.6. The lowest BCUT2D eigenvalue weighted by atomic mass is 9.99. The third-order valence-electron chi connectivity index (χ3n) is 4.43. The van der Waals surface area contributed by atoms with E-state index < -0.39 is 0 Å². The molecule has 1 aromatic carbocycles. The van der Waals surface area contributed by atoms with Gasteiger partial charge in [-0.1, -0.05) is 31.2 Å². The molecule has 0 aliphatic heterocycles. The second-order valence-corrected chi connectivity index (χ2v) is 5.59. The molecule has 106 valence electrons. The van der Waals surface area contributed by atoms with Gasteiger partial charge < -0.3 is 5.32 Å². The van der Waals surface area contributed by atoms with Crippen LogP contribution in [0, 0.1) is 0 Å². The molecule has 0 radical (unpaired) electrons. The molecule has 0 fully saturated rings. The van der Waals surface area contributed by atoms with E-state index in [2.05, 4.69) is 52.0 Å². The van der Waals surface area contributed by atoms with Gasteiger partial charge in [-0.2, -0.15) is 0 Å². The normalized spacial score (nSPS) is 17.3. The lowest BCUT2D eigenvalue weighted by Crippen LogP contribution is -2.18. The molecule has 1 N–H and O–H groups in total. The van der Waals surface area contributed by atoms with Gasteiger partial charge in [-0.05, 0) is 42.6 Å². The van der Waals surface area contributed by atoms with Crippen LogP contribution in [0.15, 0.2) is 48.8 Å². The molecule has 1 aliphatic rings. The Morgan fingerprint density at radius 2 is 2.14 bits per heavy atom. The third kappa shape index (κ3) is 1.96. The van der Waals surface area contributed by atoms with E-state index in [0.717, 1.165) is 18.6 Å². The number of benzene rings is 1. The highest BCUT2D eigenvalue weighted by atomic mass is 15.0. The minimum absolute atomic E-state index is 0.506. The maximum absolute atomic E-state index is 4.39. The van der Waals surface area contributed by atoms with Crippen LogP contribution >= 0.6 is 0 Å². The zero-order chi connectivity index (χ0) is 14.2. The Morgan fingerprint density at radius 3 is 3.05 bits per heavy atom. The van der Waals surface area contributed by atoms with Gasteiger partial charge in [0.1, 0.15) is 5.65 Å². The molecule has 1 aliphatic carbocycles. The third-order valence-corrected chi connectivity index (χ3v) is 4.43. The van der Waals surface area contributed by atoms with Crippen molar-refractivity contribution in [2.75, 3.05) is 6.54 Å². The predicted molar refractivity (Wildman–Crippen MR) is 85.4 cm³/mol. The van der Waals surface area contributed by atoms with Crippen molar-refractivity contribution >= 4 is 5.65 Å². The Morgan fingerprint density at radius 1 is 1.24 bits per heavy atom. The van der Waals surface area contributed by atoms with Gasteiger partial charge in [0.05, 0.1) is 5.69 Å². The van der Waals surface area contributed by atoms with Crippen LogP contribution in [0.1, 0.15) is 30.5 Å². The summed E-state index contributed by atoms with van der Waals surface area (Å²) in [6.07, 6.45) is 6.25. The fourth-order valence-electron chi connectivity index (χ4n) is 3.52. The minimum Gasteiger partial charge on any atom is -0.310 e. The van der Waals surface area contributed by atoms with E-state index in [9.17, 15) is 0 Å². The van der Waals surface area contributed by atoms with Crippen molar-refractivity contribution in [3.05, 3.63) is 59.9 Å². The molecule has 0 spiro atoms. The molecule has 1 atom stereocenters. The highest BCUT2D eigenvalue weighted by Crippen LogP contribution is 2.37. The molecule has 2 aromatic heterocycles. The van der Waals surface area contributed by atoms with Gasteiger partial charge in [0.2, 0.25) is 0 Å². The van der Waals surface area contributed by atoms with Gasteiger partial charge in [-0.15, -0.1) is 0 Å². The number of imidazole rings is 1. The molecule has 3 aromatic rings. The molecule has 0 amide bonds. The zero-order valence-electron chi connectivity index (χ0n) is 12.2. The molecular formula is C18H19N3. The standard InChI is InChI=1S/C18H19N3/c1-2-19-16-10-9-13-14(16)5-3-6-15(13)17-7-4-8-18-20-11-12-21(17)18/h3-8,11-12,16,19H,2,9-10H2,1H3. The van der Waals surface area contributed by atoms with Crippen molar-refractivity contribution < 1.29 is 0 Å². The number of nitrogens with one attached hydrogen (secondary N) is 1. The number of hydrogen-bond donors (Lipinski definition) is 1. The summed E-state index contributed by atoms with van der Waals surface area (Å²) < 4.78 is 2.18. The van der Waals surface area contributed by atoms with Gasteiger partial charge in [0, 0.05) is 24.0 Å². The van der Waals surface area contributed by atoms with Crippen molar-refractivity contribution in [3.63, 3.8) is 0 Å². The molecule has 0 bridgehead atoms. The second-order valence-electron chi connectivity index (χ2n) is 5.59. The molecule has 4 rings (SSSR count). The van der Waals surface area contributed by atoms with Gasteiger partial charge >= 0.3 is 0 Å². The van der Waals surface area contributed by atoms with Crippen LogP contribution in [0.5, 0.6) is 0 Å². The number of aromatic nitrogens is 2. The zero-order valence-corrected chi connectivity index (χ0v) is 12.2. The van der Waals surface area contributed by atoms with Crippen molar-refractivity contribution in [2.24, 2.45) is 0 Å². The fourth-order valence-corrected chi connectivity index (χ4v) is 3.52. The van der Waals surface area contributed by atoms with Crippen LogP contribution < -0.4 is 5.32 Å². The predicted octanol–water partition coefficient (Wildman–Crippen LogP) is 3.60. The first-order chi connectivity index (χ1) is 10.4. The van der Waals surface area contributed by atoms with Crippen LogP contribution in [0.4, 0.5) is 0 Å². The quantitative estimate of drug-likeness (QED) is 0.792. The smallest absolute Gasteiger partial charge is 0.137 e. The van der Waals surface area contributed by atoms with Gasteiger partial charge in [0.15, 0.2) is 0 Å². The van der Waals surface area contributed by atoms with Crippen LogP contribution in [0.25, 0.3) is 16.9 Å². The first-order valence-electron chi connectivity index (χ1n) is 7.66. The average molecular weight is 277 g/mol. The van der Waals surface area contributed by atoms with Crippen LogP contribution in [-0.4, -0.2) is 15.9 Å². The van der Waals surface area contributed by atoms with Crippen molar-refractivity contribution in [2.45, 2.75) is 25.8 Å². The molecule has 2 heterocycles. The van der Waals surface area contributed by atoms with E-state index in [-0.39, 0.29) is 0 Å². The number of rotatable bonds is 3. The summed E-state index contributed by atoms with van der Waals surface area (Å²) in [4.78, 5) is 4.39. The van der Waals surface area contributed by atoms with E-state index in [1.165, 1.54) is 28.8 Å². The molecule has 0 saturated carbocycles. The SMILES string of the molecule is CCNC1CCc2c(-c3cccc4nccn34)cccc21. The molecule has 0 saturated heterocycles. The lowest BCUT2D eigenvalue weighted by Gasteiger charge is -2.14. The highest BCUT2D eigenvalue weighted by Gasteiger charge is 2.24. The van der Waals surface area contributed by atoms with Gasteiger partial charge in [-0.25, -0.2) is 4.98 Å². The number of nitrogens with zero attached hydrogens (tertiary/aromatic N) is 2. The number of hydrogen-bond acceptors (Lipinski definition) is 2. The Balaban J connectivity index is 1.89. The van der Waals surface area contributed by atoms with Gasteiger partial charge in [-0.3, -0.25) is 4.40 Å². The van der Waals surface area contributed by atoms with E-state index in [1.807, 2.05) is 18.5 Å². The fraction of sp³-hybridized carbons (Fsp3) is 0.278. The first-order valence-corrected chi connectivity index (χ1v) is 7.66. The summed E-state index contributed by atoms with van der Waals surface area (Å²) in [7, 11) is 0. The second kappa shape index (κ2) is 5.01. The van der Waals surface area contributed by atoms with E-state index >= 15 is 0 Å². The monoisotopic (exact) mass is 277 g/mol. The van der Waals surface area contributed by atoms with Crippen LogP contribution in [-0.2, 0) is 6.42 Å². The van der Waals surface area contributed by atoms with Crippen LogP contribution in [0.2, 0.25) is 0 Å². The van der Waals surface area contributed by atoms with E-state index in [0.29, 0.717) is 6.04 Å². The number of pyridine rings is 1. The Hall–Kier alpha value is -2.13. The van der Waals surface area contributed by atoms with Gasteiger partial charge in [0.25, 0.3) is 0 Å². The average Bonchev–Trinajstić information content (AvgIpc) is 3.14. The Labute approximate surface area is 124 Å². The summed E-state index contributed by atoms with van der Waals surface area (Å²) in [5.74, 6) is 0. The lowest BCUT2D eigenvalue weighted by molar-refractivity contribution is 0.549. The Kier molecular flexibility index (Phi) is 3.00. The summed E-state index contributed by atoms with van der Waals surface area (Å²) in [5, 5.41) is 3.59. The van der Waals surface area contributed by atoms with Crippen molar-refractivity contribution in [3.8, 4) is 11.3 Å². The van der Waals surface area contributed by atoms with Crippen molar-refractivity contribution in [1.29, 1.82) is 0 Å². The Bertz CT molecular complexity index is 788. The molecule has 3 heteroatoms. The maximum atomic E-state index is 4.39. The molecular weight excluding hydrogens is 258 g/mol. The minimum atomic E-state index is 0.506. The van der Waals surface area contributed by atoms with Crippen molar-refractivity contribution in [1.82, 2.24) is 14.7 Å². The molecule has 21 heavy (non-hydrogen) atoms. The van der Waals surface area contributed by atoms with Crippen LogP contribution in [0.3, 0.4) is 0 Å². The largest absolute Gasteiger partial charge is 0.310 e.